The maximum atomic E-state index is 12.5. The van der Waals surface area contributed by atoms with Gasteiger partial charge in [-0.3, -0.25) is 9.79 Å². The number of guanidine groups is 1. The van der Waals surface area contributed by atoms with Crippen molar-refractivity contribution < 1.29 is 4.79 Å². The Morgan fingerprint density at radius 3 is 2.60 bits per heavy atom. The van der Waals surface area contributed by atoms with Crippen LogP contribution in [0.4, 0.5) is 0 Å². The first-order chi connectivity index (χ1) is 12.2. The zero-order valence-electron chi connectivity index (χ0n) is 16.4. The molecule has 144 valence electrons. The molecule has 0 aromatic carbocycles. The Bertz CT molecular complexity index is 434. The summed E-state index contributed by atoms with van der Waals surface area (Å²) in [6, 6.07) is 0.314. The molecule has 6 heteroatoms. The Labute approximate surface area is 153 Å². The first-order valence-electron chi connectivity index (χ1n) is 10.2. The standard InChI is InChI=1S/C19H37N5O/c1-4-12-23(5-2)14-11-21-19(20-3)22-17-10-13-24(15-17)18(25)16-8-6-7-9-16/h16-17H,4-15H2,1-3H3,(H2,20,21,22). The van der Waals surface area contributed by atoms with Gasteiger partial charge in [-0.05, 0) is 38.8 Å². The van der Waals surface area contributed by atoms with Gasteiger partial charge in [0.1, 0.15) is 0 Å². The minimum Gasteiger partial charge on any atom is -0.355 e. The number of aliphatic imine (C=N–C) groups is 1. The van der Waals surface area contributed by atoms with Gasteiger partial charge in [0.15, 0.2) is 5.96 Å². The number of likely N-dealkylation sites (tertiary alicyclic amines) is 1. The second kappa shape index (κ2) is 10.6. The van der Waals surface area contributed by atoms with E-state index < -0.39 is 0 Å². The number of rotatable bonds is 8. The van der Waals surface area contributed by atoms with Crippen LogP contribution in [0.2, 0.25) is 0 Å². The molecule has 0 aromatic heterocycles. The third kappa shape index (κ3) is 6.17. The highest BCUT2D eigenvalue weighted by Crippen LogP contribution is 2.27. The van der Waals surface area contributed by atoms with Crippen molar-refractivity contribution in [1.29, 1.82) is 0 Å². The lowest BCUT2D eigenvalue weighted by Gasteiger charge is -2.23. The predicted molar refractivity (Wildman–Crippen MR) is 104 cm³/mol. The third-order valence-corrected chi connectivity index (χ3v) is 5.48. The van der Waals surface area contributed by atoms with E-state index >= 15 is 0 Å². The molecule has 2 N–H and O–H groups in total. The summed E-state index contributed by atoms with van der Waals surface area (Å²) in [5.74, 6) is 1.52. The molecule has 1 saturated carbocycles. The SMILES string of the molecule is CCCN(CC)CCNC(=NC)NC1CCN(C(=O)C2CCCC2)C1. The van der Waals surface area contributed by atoms with Crippen LogP contribution in [-0.4, -0.2) is 74.0 Å². The number of nitrogens with zero attached hydrogens (tertiary/aromatic N) is 3. The maximum Gasteiger partial charge on any atom is 0.225 e. The Kier molecular flexibility index (Phi) is 8.52. The molecule has 6 nitrogen and oxygen atoms in total. The molecule has 0 bridgehead atoms. The van der Waals surface area contributed by atoms with Crippen LogP contribution >= 0.6 is 0 Å². The summed E-state index contributed by atoms with van der Waals surface area (Å²) in [5.41, 5.74) is 0. The van der Waals surface area contributed by atoms with Gasteiger partial charge in [-0.1, -0.05) is 26.7 Å². The molecule has 25 heavy (non-hydrogen) atoms. The van der Waals surface area contributed by atoms with Crippen LogP contribution in [0, 0.1) is 5.92 Å². The monoisotopic (exact) mass is 351 g/mol. The molecule has 0 radical (unpaired) electrons. The topological polar surface area (TPSA) is 60.0 Å². The van der Waals surface area contributed by atoms with Gasteiger partial charge in [0.25, 0.3) is 0 Å². The van der Waals surface area contributed by atoms with Crippen molar-refractivity contribution >= 4 is 11.9 Å². The highest BCUT2D eigenvalue weighted by molar-refractivity contribution is 5.81. The van der Waals surface area contributed by atoms with E-state index in [2.05, 4.69) is 39.3 Å². The fourth-order valence-corrected chi connectivity index (χ4v) is 3.97. The smallest absolute Gasteiger partial charge is 0.225 e. The maximum absolute atomic E-state index is 12.5. The average molecular weight is 352 g/mol. The van der Waals surface area contributed by atoms with Crippen molar-refractivity contribution in [3.05, 3.63) is 0 Å². The van der Waals surface area contributed by atoms with Crippen LogP contribution in [0.5, 0.6) is 0 Å². The minimum atomic E-state index is 0.287. The fourth-order valence-electron chi connectivity index (χ4n) is 3.97. The lowest BCUT2D eigenvalue weighted by molar-refractivity contribution is -0.134. The summed E-state index contributed by atoms with van der Waals surface area (Å²) in [6.45, 7) is 10.3. The molecular weight excluding hydrogens is 314 g/mol. The van der Waals surface area contributed by atoms with Crippen molar-refractivity contribution in [2.45, 2.75) is 58.4 Å². The summed E-state index contributed by atoms with van der Waals surface area (Å²) in [5, 5.41) is 6.90. The number of amides is 1. The lowest BCUT2D eigenvalue weighted by atomic mass is 10.1. The first-order valence-corrected chi connectivity index (χ1v) is 10.2. The van der Waals surface area contributed by atoms with Crippen molar-refractivity contribution in [3.8, 4) is 0 Å². The molecule has 0 aromatic rings. The second-order valence-corrected chi connectivity index (χ2v) is 7.33. The van der Waals surface area contributed by atoms with Gasteiger partial charge < -0.3 is 20.4 Å². The first kappa shape index (κ1) is 20.0. The Morgan fingerprint density at radius 2 is 1.96 bits per heavy atom. The van der Waals surface area contributed by atoms with E-state index in [0.717, 1.165) is 64.5 Å². The van der Waals surface area contributed by atoms with E-state index in [9.17, 15) is 4.79 Å². The van der Waals surface area contributed by atoms with Crippen LogP contribution in [0.25, 0.3) is 0 Å². The molecule has 1 heterocycles. The molecule has 2 rings (SSSR count). The van der Waals surface area contributed by atoms with Gasteiger partial charge in [-0.15, -0.1) is 0 Å². The third-order valence-electron chi connectivity index (χ3n) is 5.48. The quantitative estimate of drug-likeness (QED) is 0.516. The van der Waals surface area contributed by atoms with Crippen LogP contribution in [0.15, 0.2) is 4.99 Å². The zero-order valence-corrected chi connectivity index (χ0v) is 16.4. The molecule has 1 aliphatic heterocycles. The fraction of sp³-hybridized carbons (Fsp3) is 0.895. The molecule has 1 atom stereocenters. The number of carbonyl (C=O) groups excluding carboxylic acids is 1. The number of likely N-dealkylation sites (N-methyl/N-ethyl adjacent to an activating group) is 1. The number of hydrogen-bond donors (Lipinski definition) is 2. The van der Waals surface area contributed by atoms with E-state index in [1.807, 2.05) is 7.05 Å². The highest BCUT2D eigenvalue weighted by atomic mass is 16.2. The largest absolute Gasteiger partial charge is 0.355 e. The molecule has 2 aliphatic rings. The van der Waals surface area contributed by atoms with E-state index in [-0.39, 0.29) is 5.92 Å². The summed E-state index contributed by atoms with van der Waals surface area (Å²) in [7, 11) is 1.81. The zero-order chi connectivity index (χ0) is 18.1. The lowest BCUT2D eigenvalue weighted by Crippen LogP contribution is -2.47. The number of nitrogens with one attached hydrogen (secondary N) is 2. The second-order valence-electron chi connectivity index (χ2n) is 7.33. The van der Waals surface area contributed by atoms with E-state index in [0.29, 0.717) is 11.9 Å². The van der Waals surface area contributed by atoms with Gasteiger partial charge in [0.2, 0.25) is 5.91 Å². The molecular formula is C19H37N5O. The van der Waals surface area contributed by atoms with Gasteiger partial charge >= 0.3 is 0 Å². The van der Waals surface area contributed by atoms with Crippen LogP contribution < -0.4 is 10.6 Å². The Morgan fingerprint density at radius 1 is 1.20 bits per heavy atom. The molecule has 2 fully saturated rings. The Hall–Kier alpha value is -1.30. The highest BCUT2D eigenvalue weighted by Gasteiger charge is 2.32. The summed E-state index contributed by atoms with van der Waals surface area (Å²) in [6.07, 6.45) is 6.80. The van der Waals surface area contributed by atoms with Crippen molar-refractivity contribution in [2.75, 3.05) is 46.3 Å². The van der Waals surface area contributed by atoms with E-state index in [4.69, 9.17) is 0 Å². The summed E-state index contributed by atoms with van der Waals surface area (Å²) in [4.78, 5) is 21.4. The van der Waals surface area contributed by atoms with E-state index in [1.54, 1.807) is 0 Å². The van der Waals surface area contributed by atoms with E-state index in [1.165, 1.54) is 19.3 Å². The predicted octanol–water partition coefficient (Wildman–Crippen LogP) is 1.67. The molecule has 1 aliphatic carbocycles. The molecule has 0 spiro atoms. The van der Waals surface area contributed by atoms with Crippen LogP contribution in [0.3, 0.4) is 0 Å². The normalized spacial score (nSPS) is 22.0. The van der Waals surface area contributed by atoms with Gasteiger partial charge in [-0.25, -0.2) is 0 Å². The molecule has 1 amide bonds. The molecule has 1 saturated heterocycles. The van der Waals surface area contributed by atoms with Crippen molar-refractivity contribution in [1.82, 2.24) is 20.4 Å². The van der Waals surface area contributed by atoms with Gasteiger partial charge in [-0.2, -0.15) is 0 Å². The number of carbonyl (C=O) groups is 1. The van der Waals surface area contributed by atoms with Crippen molar-refractivity contribution in [2.24, 2.45) is 10.9 Å². The Balaban J connectivity index is 1.70. The van der Waals surface area contributed by atoms with Crippen LogP contribution in [0.1, 0.15) is 52.4 Å². The number of hydrogen-bond acceptors (Lipinski definition) is 3. The average Bonchev–Trinajstić information content (AvgIpc) is 3.31. The van der Waals surface area contributed by atoms with Crippen molar-refractivity contribution in [3.63, 3.8) is 0 Å². The van der Waals surface area contributed by atoms with Gasteiger partial charge in [0, 0.05) is 45.2 Å². The van der Waals surface area contributed by atoms with Gasteiger partial charge in [0.05, 0.1) is 0 Å². The van der Waals surface area contributed by atoms with Crippen LogP contribution in [-0.2, 0) is 4.79 Å². The molecule has 1 unspecified atom stereocenters. The minimum absolute atomic E-state index is 0.287. The summed E-state index contributed by atoms with van der Waals surface area (Å²) >= 11 is 0. The summed E-state index contributed by atoms with van der Waals surface area (Å²) < 4.78 is 0.